The molecule has 0 radical (unpaired) electrons. The summed E-state index contributed by atoms with van der Waals surface area (Å²) in [5.41, 5.74) is 3.94. The molecule has 1 fully saturated rings. The predicted molar refractivity (Wildman–Crippen MR) is 145 cm³/mol. The number of rotatable bonds is 7. The summed E-state index contributed by atoms with van der Waals surface area (Å²) in [4.78, 5) is 15.5. The number of ether oxygens (including phenoxy) is 1. The third kappa shape index (κ3) is 4.77. The van der Waals surface area contributed by atoms with Crippen LogP contribution in [-0.2, 0) is 0 Å². The highest BCUT2D eigenvalue weighted by Gasteiger charge is 2.17. The van der Waals surface area contributed by atoms with Gasteiger partial charge in [-0.1, -0.05) is 12.1 Å². The third-order valence-corrected chi connectivity index (χ3v) is 7.67. The molecule has 0 bridgehead atoms. The molecule has 2 N–H and O–H groups in total. The Hall–Kier alpha value is -3.01. The minimum Gasteiger partial charge on any atom is -0.494 e. The number of thioether (sulfide) groups is 1. The summed E-state index contributed by atoms with van der Waals surface area (Å²) in [6.45, 7) is 4.15. The van der Waals surface area contributed by atoms with E-state index in [2.05, 4.69) is 58.0 Å². The molecule has 176 valence electrons. The fourth-order valence-corrected chi connectivity index (χ4v) is 5.37. The molecule has 3 heterocycles. The Morgan fingerprint density at radius 3 is 2.59 bits per heavy atom. The van der Waals surface area contributed by atoms with Gasteiger partial charge in [0.15, 0.2) is 5.82 Å². The van der Waals surface area contributed by atoms with Gasteiger partial charge in [0.25, 0.3) is 0 Å². The van der Waals surface area contributed by atoms with Gasteiger partial charge in [0, 0.05) is 42.8 Å². The van der Waals surface area contributed by atoms with Crippen molar-refractivity contribution < 1.29 is 4.74 Å². The van der Waals surface area contributed by atoms with E-state index in [0.717, 1.165) is 59.3 Å². The van der Waals surface area contributed by atoms with E-state index in [-0.39, 0.29) is 0 Å². The van der Waals surface area contributed by atoms with Crippen LogP contribution >= 0.6 is 23.1 Å². The predicted octanol–water partition coefficient (Wildman–Crippen LogP) is 5.66. The molecule has 1 aliphatic rings. The maximum Gasteiger partial charge on any atom is 0.229 e. The van der Waals surface area contributed by atoms with Gasteiger partial charge in [-0.3, -0.25) is 0 Å². The second-order valence-corrected chi connectivity index (χ2v) is 9.92. The van der Waals surface area contributed by atoms with Crippen molar-refractivity contribution in [2.45, 2.75) is 4.90 Å². The summed E-state index contributed by atoms with van der Waals surface area (Å²) in [6.07, 6.45) is 2.08. The van der Waals surface area contributed by atoms with Gasteiger partial charge in [-0.2, -0.15) is 4.98 Å². The molecule has 1 aliphatic heterocycles. The first-order valence-corrected chi connectivity index (χ1v) is 13.3. The van der Waals surface area contributed by atoms with Crippen molar-refractivity contribution in [3.05, 3.63) is 53.9 Å². The smallest absolute Gasteiger partial charge is 0.229 e. The molecule has 0 atom stereocenters. The Labute approximate surface area is 208 Å². The number of para-hydroxylation sites is 1. The zero-order valence-electron chi connectivity index (χ0n) is 19.5. The van der Waals surface area contributed by atoms with Gasteiger partial charge in [-0.15, -0.1) is 23.1 Å². The number of hydrogen-bond acceptors (Lipinski definition) is 9. The Kier molecular flexibility index (Phi) is 6.75. The minimum atomic E-state index is 0.528. The molecule has 5 rings (SSSR count). The van der Waals surface area contributed by atoms with Crippen molar-refractivity contribution in [3.8, 4) is 5.75 Å². The van der Waals surface area contributed by atoms with Crippen LogP contribution in [-0.4, -0.2) is 61.5 Å². The molecule has 0 saturated carbocycles. The first-order valence-electron chi connectivity index (χ1n) is 11.2. The highest BCUT2D eigenvalue weighted by atomic mass is 32.2. The third-order valence-electron chi connectivity index (χ3n) is 5.96. The molecule has 2 aromatic heterocycles. The van der Waals surface area contributed by atoms with Crippen molar-refractivity contribution in [1.29, 1.82) is 0 Å². The average Bonchev–Trinajstić information content (AvgIpc) is 3.34. The second kappa shape index (κ2) is 10.1. The first kappa shape index (κ1) is 22.8. The van der Waals surface area contributed by atoms with E-state index in [1.54, 1.807) is 30.2 Å². The fourth-order valence-electron chi connectivity index (χ4n) is 4.04. The van der Waals surface area contributed by atoms with E-state index >= 15 is 0 Å². The van der Waals surface area contributed by atoms with Crippen LogP contribution in [0.5, 0.6) is 5.75 Å². The highest BCUT2D eigenvalue weighted by Crippen LogP contribution is 2.35. The maximum absolute atomic E-state index is 5.73. The number of anilines is 5. The van der Waals surface area contributed by atoms with Gasteiger partial charge < -0.3 is 25.2 Å². The molecule has 4 aromatic rings. The van der Waals surface area contributed by atoms with Crippen LogP contribution in [0.2, 0.25) is 0 Å². The van der Waals surface area contributed by atoms with E-state index in [1.807, 2.05) is 29.6 Å². The number of nitrogens with zero attached hydrogens (tertiary/aromatic N) is 4. The Morgan fingerprint density at radius 1 is 0.971 bits per heavy atom. The lowest BCUT2D eigenvalue weighted by Gasteiger charge is -2.34. The van der Waals surface area contributed by atoms with Crippen LogP contribution in [0.15, 0.2) is 58.8 Å². The molecule has 2 aromatic carbocycles. The lowest BCUT2D eigenvalue weighted by Crippen LogP contribution is -2.44. The molecular weight excluding hydrogens is 464 g/mol. The van der Waals surface area contributed by atoms with Crippen molar-refractivity contribution in [1.82, 2.24) is 14.9 Å². The van der Waals surface area contributed by atoms with Gasteiger partial charge in [0.1, 0.15) is 5.75 Å². The monoisotopic (exact) mass is 492 g/mol. The number of nitrogens with one attached hydrogen (secondary N) is 2. The minimum absolute atomic E-state index is 0.528. The molecule has 9 heteroatoms. The summed E-state index contributed by atoms with van der Waals surface area (Å²) < 4.78 is 6.75. The number of fused-ring (bicyclic) bond motifs is 1. The van der Waals surface area contributed by atoms with Crippen molar-refractivity contribution in [2.75, 3.05) is 62.1 Å². The fraction of sp³-hybridized carbons (Fsp3) is 0.280. The number of aromatic nitrogens is 2. The standard InChI is InChI=1S/C25H28N6OS2/c1-30-11-13-31(14-12-30)17-8-9-18(21(16-17)32-2)27-25-28-20-10-15-34-23(20)24(29-25)26-19-6-4-5-7-22(19)33-3/h4-10,15-16H,11-14H2,1-3H3,(H2,26,27,28,29). The van der Waals surface area contributed by atoms with E-state index in [0.29, 0.717) is 5.95 Å². The lowest BCUT2D eigenvalue weighted by atomic mass is 10.2. The van der Waals surface area contributed by atoms with E-state index in [9.17, 15) is 0 Å². The van der Waals surface area contributed by atoms with Crippen LogP contribution in [0.1, 0.15) is 0 Å². The van der Waals surface area contributed by atoms with E-state index in [1.165, 1.54) is 10.6 Å². The lowest BCUT2D eigenvalue weighted by molar-refractivity contribution is 0.312. The zero-order chi connectivity index (χ0) is 23.5. The summed E-state index contributed by atoms with van der Waals surface area (Å²) in [7, 11) is 3.86. The van der Waals surface area contributed by atoms with Crippen LogP contribution in [0.4, 0.5) is 28.8 Å². The van der Waals surface area contributed by atoms with Crippen LogP contribution < -0.4 is 20.3 Å². The summed E-state index contributed by atoms with van der Waals surface area (Å²) >= 11 is 3.34. The molecule has 0 amide bonds. The molecule has 7 nitrogen and oxygen atoms in total. The maximum atomic E-state index is 5.73. The highest BCUT2D eigenvalue weighted by molar-refractivity contribution is 7.98. The summed E-state index contributed by atoms with van der Waals surface area (Å²) in [5, 5.41) is 8.94. The number of hydrogen-bond donors (Lipinski definition) is 2. The average molecular weight is 493 g/mol. The number of methoxy groups -OCH3 is 1. The molecular formula is C25H28N6OS2. The van der Waals surface area contributed by atoms with Crippen molar-refractivity contribution >= 4 is 62.1 Å². The number of benzene rings is 2. The quantitative estimate of drug-likeness (QED) is 0.320. The molecule has 34 heavy (non-hydrogen) atoms. The SMILES string of the molecule is COc1cc(N2CCN(C)CC2)ccc1Nc1nc(Nc2ccccc2SC)c2sccc2n1. The summed E-state index contributed by atoms with van der Waals surface area (Å²) in [6, 6.07) is 16.5. The number of thiophene rings is 1. The van der Waals surface area contributed by atoms with Gasteiger partial charge in [-0.25, -0.2) is 4.98 Å². The van der Waals surface area contributed by atoms with Crippen LogP contribution in [0.3, 0.4) is 0 Å². The van der Waals surface area contributed by atoms with E-state index < -0.39 is 0 Å². The van der Waals surface area contributed by atoms with Crippen molar-refractivity contribution in [3.63, 3.8) is 0 Å². The normalized spacial score (nSPS) is 14.4. The number of likely N-dealkylation sites (N-methyl/N-ethyl adjacent to an activating group) is 1. The second-order valence-electron chi connectivity index (χ2n) is 8.16. The first-order chi connectivity index (χ1) is 16.6. The molecule has 0 aliphatic carbocycles. The largest absolute Gasteiger partial charge is 0.494 e. The van der Waals surface area contributed by atoms with Gasteiger partial charge in [-0.05, 0) is 49.0 Å². The van der Waals surface area contributed by atoms with E-state index in [4.69, 9.17) is 14.7 Å². The van der Waals surface area contributed by atoms with Crippen LogP contribution in [0.25, 0.3) is 10.2 Å². The Bertz CT molecular complexity index is 1290. The van der Waals surface area contributed by atoms with Gasteiger partial charge in [0.2, 0.25) is 5.95 Å². The molecule has 1 saturated heterocycles. The Balaban J connectivity index is 1.44. The topological polar surface area (TPSA) is 65.6 Å². The van der Waals surface area contributed by atoms with Crippen molar-refractivity contribution in [2.24, 2.45) is 0 Å². The van der Waals surface area contributed by atoms with Gasteiger partial charge >= 0.3 is 0 Å². The van der Waals surface area contributed by atoms with Crippen LogP contribution in [0, 0.1) is 0 Å². The molecule has 0 unspecified atom stereocenters. The number of piperazine rings is 1. The molecule has 0 spiro atoms. The zero-order valence-corrected chi connectivity index (χ0v) is 21.2. The summed E-state index contributed by atoms with van der Waals surface area (Å²) in [5.74, 6) is 2.09. The Morgan fingerprint density at radius 2 is 1.79 bits per heavy atom. The van der Waals surface area contributed by atoms with Gasteiger partial charge in [0.05, 0.1) is 28.7 Å².